The quantitative estimate of drug-likeness (QED) is 0.877. The fourth-order valence-corrected chi connectivity index (χ4v) is 3.46. The molecule has 1 aliphatic rings. The normalized spacial score (nSPS) is 22.9. The Bertz CT molecular complexity index is 502. The number of carbonyl (C=O) groups excluding carboxylic acids is 1. The van der Waals surface area contributed by atoms with Crippen molar-refractivity contribution in [2.75, 3.05) is 0 Å². The zero-order valence-electron chi connectivity index (χ0n) is 12.4. The number of hydrogen-bond donors (Lipinski definition) is 2. The van der Waals surface area contributed by atoms with Gasteiger partial charge >= 0.3 is 0 Å². The van der Waals surface area contributed by atoms with Gasteiger partial charge in [-0.2, -0.15) is 0 Å². The maximum atomic E-state index is 11.2. The first-order valence-corrected chi connectivity index (χ1v) is 6.96. The van der Waals surface area contributed by atoms with Crippen molar-refractivity contribution in [1.29, 1.82) is 0 Å². The van der Waals surface area contributed by atoms with Crippen molar-refractivity contribution in [2.45, 2.75) is 59.0 Å². The van der Waals surface area contributed by atoms with Crippen LogP contribution in [0.5, 0.6) is 0 Å². The lowest BCUT2D eigenvalue weighted by Gasteiger charge is -2.35. The zero-order chi connectivity index (χ0) is 14.4. The van der Waals surface area contributed by atoms with Crippen molar-refractivity contribution in [3.8, 4) is 0 Å². The number of primary amides is 1. The Kier molecular flexibility index (Phi) is 3.47. The topological polar surface area (TPSA) is 74.0 Å². The highest BCUT2D eigenvalue weighted by atomic mass is 16.1. The van der Waals surface area contributed by atoms with Crippen molar-refractivity contribution in [1.82, 2.24) is 4.57 Å². The Morgan fingerprint density at radius 3 is 2.79 bits per heavy atom. The van der Waals surface area contributed by atoms with Crippen LogP contribution in [0.25, 0.3) is 0 Å². The molecule has 106 valence electrons. The summed E-state index contributed by atoms with van der Waals surface area (Å²) in [5.41, 5.74) is 15.5. The van der Waals surface area contributed by atoms with Crippen LogP contribution in [0.3, 0.4) is 0 Å². The zero-order valence-corrected chi connectivity index (χ0v) is 12.4. The number of carbonyl (C=O) groups is 1. The van der Waals surface area contributed by atoms with Crippen LogP contribution in [-0.2, 0) is 11.2 Å². The van der Waals surface area contributed by atoms with Gasteiger partial charge in [-0.15, -0.1) is 0 Å². The largest absolute Gasteiger partial charge is 0.370 e. The van der Waals surface area contributed by atoms with E-state index in [1.165, 1.54) is 17.0 Å². The summed E-state index contributed by atoms with van der Waals surface area (Å²) >= 11 is 0. The van der Waals surface area contributed by atoms with E-state index in [1.807, 2.05) is 6.92 Å². The van der Waals surface area contributed by atoms with E-state index in [-0.39, 0.29) is 23.4 Å². The lowest BCUT2D eigenvalue weighted by atomic mass is 9.74. The van der Waals surface area contributed by atoms with Crippen LogP contribution in [0.1, 0.15) is 62.6 Å². The molecule has 1 aromatic rings. The van der Waals surface area contributed by atoms with E-state index in [4.69, 9.17) is 11.5 Å². The summed E-state index contributed by atoms with van der Waals surface area (Å²) in [7, 11) is 0. The van der Waals surface area contributed by atoms with Gasteiger partial charge in [0.25, 0.3) is 0 Å². The number of aryl methyl sites for hydroxylation is 1. The number of nitrogens with zero attached hydrogens (tertiary/aromatic N) is 1. The van der Waals surface area contributed by atoms with Crippen molar-refractivity contribution in [3.05, 3.63) is 23.0 Å². The lowest BCUT2D eigenvalue weighted by Crippen LogP contribution is -2.31. The molecule has 0 bridgehead atoms. The molecule has 0 radical (unpaired) electrons. The van der Waals surface area contributed by atoms with Gasteiger partial charge in [-0.05, 0) is 43.7 Å². The second-order valence-corrected chi connectivity index (χ2v) is 6.73. The maximum Gasteiger partial charge on any atom is 0.219 e. The predicted octanol–water partition coefficient (Wildman–Crippen LogP) is 2.21. The van der Waals surface area contributed by atoms with E-state index in [0.29, 0.717) is 6.42 Å². The Morgan fingerprint density at radius 2 is 2.21 bits per heavy atom. The fraction of sp³-hybridized carbons (Fsp3) is 0.667. The van der Waals surface area contributed by atoms with E-state index in [1.54, 1.807) is 0 Å². The van der Waals surface area contributed by atoms with E-state index in [2.05, 4.69) is 31.4 Å². The monoisotopic (exact) mass is 263 g/mol. The number of aromatic nitrogens is 1. The van der Waals surface area contributed by atoms with Crippen molar-refractivity contribution in [2.24, 2.45) is 16.9 Å². The van der Waals surface area contributed by atoms with Crippen LogP contribution in [-0.4, -0.2) is 10.5 Å². The number of amides is 1. The molecule has 0 saturated carbocycles. The average molecular weight is 263 g/mol. The Morgan fingerprint density at radius 1 is 1.58 bits per heavy atom. The summed E-state index contributed by atoms with van der Waals surface area (Å²) in [5, 5.41) is 0. The molecule has 2 unspecified atom stereocenters. The first-order chi connectivity index (χ1) is 8.71. The molecule has 1 heterocycles. The first kappa shape index (κ1) is 14.1. The van der Waals surface area contributed by atoms with E-state index in [9.17, 15) is 4.79 Å². The molecular weight excluding hydrogens is 238 g/mol. The Labute approximate surface area is 115 Å². The van der Waals surface area contributed by atoms with Crippen LogP contribution in [0.2, 0.25) is 0 Å². The van der Waals surface area contributed by atoms with Crippen LogP contribution < -0.4 is 11.5 Å². The smallest absolute Gasteiger partial charge is 0.219 e. The van der Waals surface area contributed by atoms with Crippen LogP contribution in [0, 0.1) is 12.3 Å². The third-order valence-electron chi connectivity index (χ3n) is 4.12. The molecular formula is C15H25N3O. The highest BCUT2D eigenvalue weighted by molar-refractivity contribution is 5.74. The summed E-state index contributed by atoms with van der Waals surface area (Å²) in [6, 6.07) is 2.37. The number of hydrogen-bond acceptors (Lipinski definition) is 2. The average Bonchev–Trinajstić information content (AvgIpc) is 2.52. The second-order valence-electron chi connectivity index (χ2n) is 6.73. The van der Waals surface area contributed by atoms with Gasteiger partial charge in [-0.3, -0.25) is 4.79 Å². The molecule has 0 spiro atoms. The summed E-state index contributed by atoms with van der Waals surface area (Å²) in [6.07, 6.45) is 2.39. The van der Waals surface area contributed by atoms with Gasteiger partial charge in [-0.1, -0.05) is 13.8 Å². The highest BCUT2D eigenvalue weighted by Gasteiger charge is 2.34. The predicted molar refractivity (Wildman–Crippen MR) is 76.7 cm³/mol. The van der Waals surface area contributed by atoms with Crippen LogP contribution in [0.15, 0.2) is 6.07 Å². The second kappa shape index (κ2) is 4.67. The van der Waals surface area contributed by atoms with Gasteiger partial charge in [0.05, 0.1) is 0 Å². The molecule has 2 rings (SSSR count). The molecule has 1 aromatic heterocycles. The highest BCUT2D eigenvalue weighted by Crippen LogP contribution is 2.42. The molecule has 4 heteroatoms. The van der Waals surface area contributed by atoms with Gasteiger partial charge < -0.3 is 16.0 Å². The molecule has 1 amide bonds. The van der Waals surface area contributed by atoms with Gasteiger partial charge in [-0.25, -0.2) is 0 Å². The molecule has 0 aliphatic heterocycles. The van der Waals surface area contributed by atoms with Crippen LogP contribution in [0.4, 0.5) is 0 Å². The van der Waals surface area contributed by atoms with Crippen LogP contribution >= 0.6 is 0 Å². The minimum Gasteiger partial charge on any atom is -0.370 e. The number of rotatable bonds is 3. The SMILES string of the molecule is Cc1cc2c(n1C(C)CC(N)=O)CC(C)(C)CC2N. The van der Waals surface area contributed by atoms with Gasteiger partial charge in [0, 0.05) is 29.9 Å². The van der Waals surface area contributed by atoms with E-state index in [0.717, 1.165) is 12.8 Å². The molecule has 0 fully saturated rings. The van der Waals surface area contributed by atoms with Crippen molar-refractivity contribution in [3.63, 3.8) is 0 Å². The Hall–Kier alpha value is -1.29. The number of nitrogens with two attached hydrogens (primary N) is 2. The molecule has 19 heavy (non-hydrogen) atoms. The molecule has 4 nitrogen and oxygen atoms in total. The van der Waals surface area contributed by atoms with Gasteiger partial charge in [0.15, 0.2) is 0 Å². The summed E-state index contributed by atoms with van der Waals surface area (Å²) in [4.78, 5) is 11.2. The first-order valence-electron chi connectivity index (χ1n) is 6.96. The van der Waals surface area contributed by atoms with Crippen molar-refractivity contribution >= 4 is 5.91 Å². The lowest BCUT2D eigenvalue weighted by molar-refractivity contribution is -0.118. The van der Waals surface area contributed by atoms with E-state index < -0.39 is 0 Å². The summed E-state index contributed by atoms with van der Waals surface area (Å²) < 4.78 is 2.25. The molecule has 1 aliphatic carbocycles. The summed E-state index contributed by atoms with van der Waals surface area (Å²) in [6.45, 7) is 8.63. The fourth-order valence-electron chi connectivity index (χ4n) is 3.46. The van der Waals surface area contributed by atoms with E-state index >= 15 is 0 Å². The molecule has 4 N–H and O–H groups in total. The maximum absolute atomic E-state index is 11.2. The minimum atomic E-state index is -0.256. The van der Waals surface area contributed by atoms with Gasteiger partial charge in [0.2, 0.25) is 5.91 Å². The Balaban J connectivity index is 2.44. The third kappa shape index (κ3) is 2.68. The molecule has 2 atom stereocenters. The number of fused-ring (bicyclic) bond motifs is 1. The molecule has 0 saturated heterocycles. The van der Waals surface area contributed by atoms with Gasteiger partial charge in [0.1, 0.15) is 0 Å². The summed E-state index contributed by atoms with van der Waals surface area (Å²) in [5.74, 6) is -0.256. The molecule has 0 aromatic carbocycles. The third-order valence-corrected chi connectivity index (χ3v) is 4.12. The van der Waals surface area contributed by atoms with Crippen molar-refractivity contribution < 1.29 is 4.79 Å². The standard InChI is InChI=1S/C15H25N3O/c1-9-5-11-12(16)7-15(3,4)8-13(11)18(9)10(2)6-14(17)19/h5,10,12H,6-8,16H2,1-4H3,(H2,17,19). The minimum absolute atomic E-state index is 0.0967.